The zero-order chi connectivity index (χ0) is 19.9. The molecule has 10 heteroatoms. The number of thiazole rings is 1. The molecule has 4 rings (SSSR count). The van der Waals surface area contributed by atoms with E-state index in [4.69, 9.17) is 16.3 Å². The van der Waals surface area contributed by atoms with Gasteiger partial charge in [0.25, 0.3) is 5.91 Å². The fourth-order valence-electron chi connectivity index (χ4n) is 3.41. The number of hydrogen-bond donors (Lipinski definition) is 1. The van der Waals surface area contributed by atoms with E-state index < -0.39 is 16.1 Å². The summed E-state index contributed by atoms with van der Waals surface area (Å²) in [5.74, 6) is -0.192. The number of aromatic nitrogens is 1. The summed E-state index contributed by atoms with van der Waals surface area (Å²) in [5.41, 5.74) is 1.38. The lowest BCUT2D eigenvalue weighted by atomic mass is 10.2. The molecule has 28 heavy (non-hydrogen) atoms. The fourth-order valence-corrected chi connectivity index (χ4v) is 6.40. The third-order valence-corrected chi connectivity index (χ3v) is 8.38. The number of halogens is 1. The molecule has 1 unspecified atom stereocenters. The van der Waals surface area contributed by atoms with Crippen molar-refractivity contribution in [1.29, 1.82) is 0 Å². The molecule has 2 aliphatic heterocycles. The molecule has 1 aromatic heterocycles. The summed E-state index contributed by atoms with van der Waals surface area (Å²) in [6.45, 7) is 2.87. The van der Waals surface area contributed by atoms with E-state index in [9.17, 15) is 13.2 Å². The number of anilines is 1. The number of carbonyl (C=O) groups is 1. The van der Waals surface area contributed by atoms with Crippen molar-refractivity contribution in [3.8, 4) is 0 Å². The number of hydrogen-bond acceptors (Lipinski definition) is 6. The Balaban J connectivity index is 1.52. The molecule has 1 atom stereocenters. The van der Waals surface area contributed by atoms with Crippen LogP contribution in [0.4, 0.5) is 5.13 Å². The highest BCUT2D eigenvalue weighted by Gasteiger charge is 2.32. The van der Waals surface area contributed by atoms with E-state index in [2.05, 4.69) is 10.3 Å². The zero-order valence-electron chi connectivity index (χ0n) is 15.3. The molecule has 0 radical (unpaired) electrons. The lowest BCUT2D eigenvalue weighted by Crippen LogP contribution is -2.35. The normalized spacial score (nSPS) is 20.1. The lowest BCUT2D eigenvalue weighted by Gasteiger charge is -2.26. The van der Waals surface area contributed by atoms with Crippen LogP contribution in [0.3, 0.4) is 0 Å². The van der Waals surface area contributed by atoms with Crippen molar-refractivity contribution in [2.75, 3.05) is 18.5 Å². The van der Waals surface area contributed by atoms with Crippen molar-refractivity contribution in [2.45, 2.75) is 43.7 Å². The van der Waals surface area contributed by atoms with Crippen molar-refractivity contribution >= 4 is 44.0 Å². The quantitative estimate of drug-likeness (QED) is 0.787. The number of carbonyl (C=O) groups excluding carboxylic acids is 1. The van der Waals surface area contributed by atoms with E-state index in [0.29, 0.717) is 41.7 Å². The standard InChI is InChI=1S/C18H20ClN3O4S2/c1-11-12(19)4-2-6-16(11)28(24,25)22-8-7-13-15(10-22)27-18(20-13)21-17(23)14-5-3-9-26-14/h2,4,6,14H,3,5,7-10H2,1H3,(H,20,21,23). The van der Waals surface area contributed by atoms with Crippen LogP contribution in [-0.4, -0.2) is 42.9 Å². The monoisotopic (exact) mass is 441 g/mol. The maximum Gasteiger partial charge on any atom is 0.255 e. The maximum absolute atomic E-state index is 13.1. The summed E-state index contributed by atoms with van der Waals surface area (Å²) in [7, 11) is -3.66. The first-order chi connectivity index (χ1) is 13.4. The molecule has 7 nitrogen and oxygen atoms in total. The van der Waals surface area contributed by atoms with Crippen molar-refractivity contribution in [3.63, 3.8) is 0 Å². The Bertz CT molecular complexity index is 1020. The Morgan fingerprint density at radius 2 is 2.25 bits per heavy atom. The molecule has 1 fully saturated rings. The van der Waals surface area contributed by atoms with E-state index in [0.717, 1.165) is 17.0 Å². The molecule has 0 aliphatic carbocycles. The van der Waals surface area contributed by atoms with Gasteiger partial charge in [0.15, 0.2) is 5.13 Å². The smallest absolute Gasteiger partial charge is 0.255 e. The SMILES string of the molecule is Cc1c(Cl)cccc1S(=O)(=O)N1CCc2nc(NC(=O)C3CCCO3)sc2C1. The lowest BCUT2D eigenvalue weighted by molar-refractivity contribution is -0.124. The van der Waals surface area contributed by atoms with Crippen molar-refractivity contribution in [2.24, 2.45) is 0 Å². The van der Waals surface area contributed by atoms with E-state index in [1.807, 2.05) is 0 Å². The van der Waals surface area contributed by atoms with Crippen LogP contribution in [0.5, 0.6) is 0 Å². The van der Waals surface area contributed by atoms with Crippen molar-refractivity contribution in [1.82, 2.24) is 9.29 Å². The highest BCUT2D eigenvalue weighted by Crippen LogP contribution is 2.33. The summed E-state index contributed by atoms with van der Waals surface area (Å²) in [4.78, 5) is 17.8. The number of benzene rings is 1. The van der Waals surface area contributed by atoms with Gasteiger partial charge in [0.2, 0.25) is 10.0 Å². The Morgan fingerprint density at radius 3 is 3.00 bits per heavy atom. The number of nitrogens with one attached hydrogen (secondary N) is 1. The van der Waals surface area contributed by atoms with Crippen LogP contribution in [0.1, 0.15) is 29.0 Å². The average Bonchev–Trinajstić information content (AvgIpc) is 3.32. The van der Waals surface area contributed by atoms with Crippen LogP contribution in [0.2, 0.25) is 5.02 Å². The molecule has 1 aromatic carbocycles. The number of fused-ring (bicyclic) bond motifs is 1. The minimum absolute atomic E-state index is 0.192. The van der Waals surface area contributed by atoms with Gasteiger partial charge >= 0.3 is 0 Å². The number of nitrogens with zero attached hydrogens (tertiary/aromatic N) is 2. The Morgan fingerprint density at radius 1 is 1.43 bits per heavy atom. The minimum atomic E-state index is -3.66. The van der Waals surface area contributed by atoms with Gasteiger partial charge < -0.3 is 4.74 Å². The highest BCUT2D eigenvalue weighted by atomic mass is 35.5. The first-order valence-electron chi connectivity index (χ1n) is 9.02. The van der Waals surface area contributed by atoms with E-state index >= 15 is 0 Å². The van der Waals surface area contributed by atoms with Gasteiger partial charge in [-0.2, -0.15) is 4.31 Å². The summed E-state index contributed by atoms with van der Waals surface area (Å²) >= 11 is 7.42. The molecule has 1 amide bonds. The molecule has 2 aliphatic rings. The van der Waals surface area contributed by atoms with Gasteiger partial charge in [-0.15, -0.1) is 11.3 Å². The van der Waals surface area contributed by atoms with Gasteiger partial charge in [-0.3, -0.25) is 10.1 Å². The number of sulfonamides is 1. The molecule has 2 aromatic rings. The molecular weight excluding hydrogens is 422 g/mol. The summed E-state index contributed by atoms with van der Waals surface area (Å²) in [6.07, 6.45) is 1.66. The van der Waals surface area contributed by atoms with E-state index in [1.54, 1.807) is 25.1 Å². The topological polar surface area (TPSA) is 88.6 Å². The van der Waals surface area contributed by atoms with Gasteiger partial charge in [-0.1, -0.05) is 17.7 Å². The van der Waals surface area contributed by atoms with Crippen molar-refractivity contribution in [3.05, 3.63) is 39.4 Å². The zero-order valence-corrected chi connectivity index (χ0v) is 17.7. The van der Waals surface area contributed by atoms with Crippen molar-refractivity contribution < 1.29 is 17.9 Å². The van der Waals surface area contributed by atoms with Gasteiger partial charge in [-0.05, 0) is 37.5 Å². The highest BCUT2D eigenvalue weighted by molar-refractivity contribution is 7.89. The van der Waals surface area contributed by atoms with Gasteiger partial charge in [0.1, 0.15) is 6.10 Å². The Labute approximate surface area is 172 Å². The van der Waals surface area contributed by atoms with Gasteiger partial charge in [-0.25, -0.2) is 13.4 Å². The summed E-state index contributed by atoms with van der Waals surface area (Å²) < 4.78 is 33.0. The van der Waals surface area contributed by atoms with Crippen LogP contribution in [0.15, 0.2) is 23.1 Å². The molecule has 1 saturated heterocycles. The third-order valence-electron chi connectivity index (χ3n) is 4.98. The average molecular weight is 442 g/mol. The summed E-state index contributed by atoms with van der Waals surface area (Å²) in [6, 6.07) is 4.89. The van der Waals surface area contributed by atoms with Crippen LogP contribution in [0.25, 0.3) is 0 Å². The second-order valence-corrected chi connectivity index (χ2v) is 10.2. The predicted octanol–water partition coefficient (Wildman–Crippen LogP) is 2.97. The Kier molecular flexibility index (Phi) is 5.45. The van der Waals surface area contributed by atoms with Gasteiger partial charge in [0.05, 0.1) is 17.1 Å². The van der Waals surface area contributed by atoms with Gasteiger partial charge in [0, 0.05) is 29.5 Å². The third kappa shape index (κ3) is 3.69. The molecule has 0 saturated carbocycles. The van der Waals surface area contributed by atoms with Crippen LogP contribution in [-0.2, 0) is 32.5 Å². The molecule has 150 valence electrons. The summed E-state index contributed by atoms with van der Waals surface area (Å²) in [5, 5.41) is 3.72. The second-order valence-electron chi connectivity index (χ2n) is 6.83. The maximum atomic E-state index is 13.1. The first kappa shape index (κ1) is 19.8. The predicted molar refractivity (Wildman–Crippen MR) is 107 cm³/mol. The molecular formula is C18H20ClN3O4S2. The molecule has 0 bridgehead atoms. The number of amides is 1. The molecule has 1 N–H and O–H groups in total. The van der Waals surface area contributed by atoms with E-state index in [-0.39, 0.29) is 17.3 Å². The van der Waals surface area contributed by atoms with Crippen LogP contribution < -0.4 is 5.32 Å². The fraction of sp³-hybridized carbons (Fsp3) is 0.444. The Hall–Kier alpha value is -1.52. The molecule has 0 spiro atoms. The number of ether oxygens (including phenoxy) is 1. The largest absolute Gasteiger partial charge is 0.368 e. The van der Waals surface area contributed by atoms with Crippen LogP contribution >= 0.6 is 22.9 Å². The molecule has 3 heterocycles. The second kappa shape index (κ2) is 7.72. The first-order valence-corrected chi connectivity index (χ1v) is 11.7. The number of rotatable bonds is 4. The minimum Gasteiger partial charge on any atom is -0.368 e. The van der Waals surface area contributed by atoms with Crippen LogP contribution in [0, 0.1) is 6.92 Å². The van der Waals surface area contributed by atoms with E-state index in [1.165, 1.54) is 15.6 Å².